The van der Waals surface area contributed by atoms with E-state index in [1.807, 2.05) is 19.9 Å². The second-order valence-corrected chi connectivity index (χ2v) is 8.47. The number of benzene rings is 1. The molecule has 0 radical (unpaired) electrons. The largest absolute Gasteiger partial charge is 0.380 e. The van der Waals surface area contributed by atoms with Gasteiger partial charge in [-0.25, -0.2) is 4.39 Å². The Morgan fingerprint density at radius 3 is 2.86 bits per heavy atom. The van der Waals surface area contributed by atoms with Gasteiger partial charge in [-0.3, -0.25) is 0 Å². The van der Waals surface area contributed by atoms with Crippen LogP contribution >= 0.6 is 0 Å². The molecule has 154 valence electrons. The highest BCUT2D eigenvalue weighted by Gasteiger charge is 2.36. The smallest absolute Gasteiger partial charge is 0.291 e. The van der Waals surface area contributed by atoms with Gasteiger partial charge < -0.3 is 14.6 Å². The van der Waals surface area contributed by atoms with Crippen molar-refractivity contribution in [3.63, 3.8) is 0 Å². The summed E-state index contributed by atoms with van der Waals surface area (Å²) in [4.78, 5) is 4.55. The standard InChI is InChI=1S/C21H26FN5O2/c1-12(2)18-16-6-3-7-17(22)19(16)27(25-18)21-24-20(29-26-21)13-9-15(10-13)23-14-5-4-8-28-11-14/h3,6-7,12-15,23H,4-5,8-11H2,1-2H3. The zero-order chi connectivity index (χ0) is 20.0. The van der Waals surface area contributed by atoms with Crippen molar-refractivity contribution in [3.05, 3.63) is 35.6 Å². The monoisotopic (exact) mass is 399 g/mol. The summed E-state index contributed by atoms with van der Waals surface area (Å²) in [5.74, 6) is 0.947. The Bertz CT molecular complexity index is 1000. The summed E-state index contributed by atoms with van der Waals surface area (Å²) in [7, 11) is 0. The van der Waals surface area contributed by atoms with Crippen LogP contribution in [0, 0.1) is 5.82 Å². The first-order valence-electron chi connectivity index (χ1n) is 10.4. The van der Waals surface area contributed by atoms with Crippen molar-refractivity contribution in [1.82, 2.24) is 25.2 Å². The van der Waals surface area contributed by atoms with Crippen LogP contribution in [0.4, 0.5) is 4.39 Å². The van der Waals surface area contributed by atoms with E-state index in [9.17, 15) is 4.39 Å². The number of aromatic nitrogens is 4. The van der Waals surface area contributed by atoms with Crippen LogP contribution in [0.15, 0.2) is 22.7 Å². The minimum absolute atomic E-state index is 0.161. The fraction of sp³-hybridized carbons (Fsp3) is 0.571. The number of fused-ring (bicyclic) bond motifs is 1. The Morgan fingerprint density at radius 2 is 2.10 bits per heavy atom. The number of rotatable bonds is 5. The zero-order valence-electron chi connectivity index (χ0n) is 16.8. The Morgan fingerprint density at radius 1 is 1.24 bits per heavy atom. The summed E-state index contributed by atoms with van der Waals surface area (Å²) in [5, 5.41) is 13.1. The fourth-order valence-corrected chi connectivity index (χ4v) is 4.36. The highest BCUT2D eigenvalue weighted by atomic mass is 19.1. The lowest BCUT2D eigenvalue weighted by atomic mass is 9.79. The molecule has 1 N–H and O–H groups in total. The molecule has 0 amide bonds. The second kappa shape index (κ2) is 7.50. The van der Waals surface area contributed by atoms with Crippen LogP contribution in [0.25, 0.3) is 16.9 Å². The molecule has 2 aliphatic rings. The van der Waals surface area contributed by atoms with Gasteiger partial charge in [0, 0.05) is 30.0 Å². The van der Waals surface area contributed by atoms with Gasteiger partial charge >= 0.3 is 0 Å². The molecule has 2 aromatic heterocycles. The molecule has 1 saturated heterocycles. The molecule has 0 bridgehead atoms. The summed E-state index contributed by atoms with van der Waals surface area (Å²) in [6, 6.07) is 5.92. The molecular formula is C21H26FN5O2. The van der Waals surface area contributed by atoms with Crippen LogP contribution < -0.4 is 5.32 Å². The Kier molecular flexibility index (Phi) is 4.83. The molecule has 5 rings (SSSR count). The van der Waals surface area contributed by atoms with Crippen LogP contribution in [-0.4, -0.2) is 45.2 Å². The molecule has 1 aliphatic heterocycles. The minimum atomic E-state index is -0.337. The summed E-state index contributed by atoms with van der Waals surface area (Å²) in [6.45, 7) is 5.74. The Hall–Kier alpha value is -2.32. The highest BCUT2D eigenvalue weighted by molar-refractivity contribution is 5.84. The van der Waals surface area contributed by atoms with Gasteiger partial charge in [0.25, 0.3) is 5.95 Å². The molecule has 29 heavy (non-hydrogen) atoms. The SMILES string of the molecule is CC(C)c1nn(-c2noc(C3CC(NC4CCCOC4)C3)n2)c2c(F)cccc12. The summed E-state index contributed by atoms with van der Waals surface area (Å²) < 4.78 is 27.1. The average molecular weight is 399 g/mol. The molecular weight excluding hydrogens is 373 g/mol. The maximum absolute atomic E-state index is 14.6. The minimum Gasteiger partial charge on any atom is -0.380 e. The number of hydrogen-bond donors (Lipinski definition) is 1. The van der Waals surface area contributed by atoms with E-state index in [2.05, 4.69) is 20.6 Å². The van der Waals surface area contributed by atoms with Gasteiger partial charge in [-0.05, 0) is 42.8 Å². The number of nitrogens with zero attached hydrogens (tertiary/aromatic N) is 4. The van der Waals surface area contributed by atoms with Crippen LogP contribution in [-0.2, 0) is 4.74 Å². The van der Waals surface area contributed by atoms with E-state index in [4.69, 9.17) is 9.26 Å². The summed E-state index contributed by atoms with van der Waals surface area (Å²) in [6.07, 6.45) is 4.21. The first kappa shape index (κ1) is 18.7. The third-order valence-corrected chi connectivity index (χ3v) is 5.97. The lowest BCUT2D eigenvalue weighted by Gasteiger charge is -2.37. The number of halogens is 1. The second-order valence-electron chi connectivity index (χ2n) is 8.47. The molecule has 8 heteroatoms. The van der Waals surface area contributed by atoms with Crippen molar-refractivity contribution < 1.29 is 13.7 Å². The number of ether oxygens (including phenoxy) is 1. The van der Waals surface area contributed by atoms with Crippen LogP contribution in [0.5, 0.6) is 0 Å². The van der Waals surface area contributed by atoms with Crippen molar-refractivity contribution in [2.45, 2.75) is 63.5 Å². The molecule has 1 atom stereocenters. The van der Waals surface area contributed by atoms with Gasteiger partial charge in [-0.1, -0.05) is 26.0 Å². The van der Waals surface area contributed by atoms with E-state index in [0.29, 0.717) is 29.4 Å². The van der Waals surface area contributed by atoms with E-state index in [0.717, 1.165) is 43.6 Å². The van der Waals surface area contributed by atoms with Gasteiger partial charge in [0.15, 0.2) is 0 Å². The molecule has 2 fully saturated rings. The predicted molar refractivity (Wildman–Crippen MR) is 106 cm³/mol. The molecule has 3 aromatic rings. The quantitative estimate of drug-likeness (QED) is 0.705. The Labute approximate surface area is 168 Å². The van der Waals surface area contributed by atoms with Crippen molar-refractivity contribution in [3.8, 4) is 5.95 Å². The third-order valence-electron chi connectivity index (χ3n) is 5.97. The van der Waals surface area contributed by atoms with Crippen molar-refractivity contribution in [1.29, 1.82) is 0 Å². The molecule has 7 nitrogen and oxygen atoms in total. The average Bonchev–Trinajstić information content (AvgIpc) is 3.30. The maximum atomic E-state index is 14.6. The lowest BCUT2D eigenvalue weighted by Crippen LogP contribution is -2.48. The molecule has 1 aromatic carbocycles. The van der Waals surface area contributed by atoms with E-state index >= 15 is 0 Å². The molecule has 1 unspecified atom stereocenters. The Balaban J connectivity index is 1.33. The molecule has 0 spiro atoms. The van der Waals surface area contributed by atoms with E-state index in [-0.39, 0.29) is 17.7 Å². The van der Waals surface area contributed by atoms with Gasteiger partial charge in [0.1, 0.15) is 11.3 Å². The van der Waals surface area contributed by atoms with Gasteiger partial charge in [-0.15, -0.1) is 0 Å². The normalized spacial score (nSPS) is 24.9. The van der Waals surface area contributed by atoms with Crippen LogP contribution in [0.3, 0.4) is 0 Å². The van der Waals surface area contributed by atoms with E-state index < -0.39 is 0 Å². The summed E-state index contributed by atoms with van der Waals surface area (Å²) >= 11 is 0. The molecule has 1 aliphatic carbocycles. The number of para-hydroxylation sites is 1. The van der Waals surface area contributed by atoms with E-state index in [1.165, 1.54) is 17.2 Å². The van der Waals surface area contributed by atoms with Crippen molar-refractivity contribution >= 4 is 10.9 Å². The first-order valence-corrected chi connectivity index (χ1v) is 10.4. The van der Waals surface area contributed by atoms with Crippen LogP contribution in [0.1, 0.15) is 63.0 Å². The number of hydrogen-bond acceptors (Lipinski definition) is 6. The third kappa shape index (κ3) is 3.44. The van der Waals surface area contributed by atoms with Gasteiger partial charge in [0.05, 0.1) is 12.3 Å². The van der Waals surface area contributed by atoms with Gasteiger partial charge in [0.2, 0.25) is 5.89 Å². The maximum Gasteiger partial charge on any atom is 0.291 e. The fourth-order valence-electron chi connectivity index (χ4n) is 4.36. The van der Waals surface area contributed by atoms with Gasteiger partial charge in [-0.2, -0.15) is 14.8 Å². The molecule has 3 heterocycles. The highest BCUT2D eigenvalue weighted by Crippen LogP contribution is 2.37. The lowest BCUT2D eigenvalue weighted by molar-refractivity contribution is 0.0588. The zero-order valence-corrected chi connectivity index (χ0v) is 16.8. The van der Waals surface area contributed by atoms with Crippen molar-refractivity contribution in [2.24, 2.45) is 0 Å². The van der Waals surface area contributed by atoms with E-state index in [1.54, 1.807) is 6.07 Å². The first-order chi connectivity index (χ1) is 14.1. The van der Waals surface area contributed by atoms with Crippen LogP contribution in [0.2, 0.25) is 0 Å². The predicted octanol–water partition coefficient (Wildman–Crippen LogP) is 3.69. The van der Waals surface area contributed by atoms with Crippen molar-refractivity contribution in [2.75, 3.05) is 13.2 Å². The summed E-state index contributed by atoms with van der Waals surface area (Å²) in [5.41, 5.74) is 1.22. The molecule has 1 saturated carbocycles. The topological polar surface area (TPSA) is 78.0 Å². The number of nitrogens with one attached hydrogen (secondary N) is 1.